The number of carbonyl (C=O) groups is 3. The number of cyclic esters (lactones) is 1. The molecule has 2 aromatic carbocycles. The van der Waals surface area contributed by atoms with Gasteiger partial charge in [-0.05, 0) is 23.1 Å². The number of rotatable bonds is 11. The molecule has 0 aliphatic carbocycles. The van der Waals surface area contributed by atoms with Gasteiger partial charge < -0.3 is 14.6 Å². The lowest BCUT2D eigenvalue weighted by Crippen LogP contribution is -2.52. The quantitative estimate of drug-likeness (QED) is 0.304. The molecule has 1 aliphatic heterocycles. The van der Waals surface area contributed by atoms with Gasteiger partial charge >= 0.3 is 17.9 Å². The highest BCUT2D eigenvalue weighted by molar-refractivity contribution is 7.99. The summed E-state index contributed by atoms with van der Waals surface area (Å²) < 4.78 is 11.5. The molecular weight excluding hydrogens is 476 g/mol. The number of aliphatic carboxylic acids is 1. The van der Waals surface area contributed by atoms with E-state index in [1.54, 1.807) is 62.0 Å². The molecule has 0 aromatic heterocycles. The van der Waals surface area contributed by atoms with Gasteiger partial charge in [-0.15, -0.1) is 11.8 Å². The Bertz CT molecular complexity index is 1090. The summed E-state index contributed by atoms with van der Waals surface area (Å²) in [6, 6.07) is 16.8. The summed E-state index contributed by atoms with van der Waals surface area (Å²) in [5.74, 6) is -1.80. The molecule has 0 spiro atoms. The van der Waals surface area contributed by atoms with Crippen molar-refractivity contribution in [1.29, 1.82) is 0 Å². The van der Waals surface area contributed by atoms with Crippen LogP contribution in [0.5, 0.6) is 0 Å². The van der Waals surface area contributed by atoms with E-state index >= 15 is 0 Å². The number of thioether (sulfide) groups is 1. The summed E-state index contributed by atoms with van der Waals surface area (Å²) in [6.07, 6.45) is 1.49. The Kier molecular flexibility index (Phi) is 9.37. The van der Waals surface area contributed by atoms with Crippen LogP contribution >= 0.6 is 11.8 Å². The van der Waals surface area contributed by atoms with Crippen LogP contribution in [-0.2, 0) is 29.3 Å². The maximum absolute atomic E-state index is 13.0. The monoisotopic (exact) mass is 510 g/mol. The summed E-state index contributed by atoms with van der Waals surface area (Å²) in [7, 11) is 0. The number of benzene rings is 2. The van der Waals surface area contributed by atoms with Crippen molar-refractivity contribution in [3.8, 4) is 0 Å². The van der Waals surface area contributed by atoms with Gasteiger partial charge in [-0.2, -0.15) is 0 Å². The van der Waals surface area contributed by atoms with E-state index in [0.29, 0.717) is 17.2 Å². The molecule has 0 fully saturated rings. The standard InChI is InChI=1S/C29H34O6S/c1-19(2)23-13-8-9-14-24(23)36-18-22(34-27(31)20(3)4)17-29(28(32)33,21-11-6-5-7-12-21)25-15-10-16-26(30)35-25/h5-14,16,19-20,22,25H,15,17-18H2,1-4H3,(H,32,33). The van der Waals surface area contributed by atoms with E-state index in [4.69, 9.17) is 9.47 Å². The minimum atomic E-state index is -1.60. The topological polar surface area (TPSA) is 89.9 Å². The molecule has 3 unspecified atom stereocenters. The average molecular weight is 511 g/mol. The van der Waals surface area contributed by atoms with Crippen molar-refractivity contribution in [2.75, 3.05) is 5.75 Å². The molecule has 36 heavy (non-hydrogen) atoms. The highest BCUT2D eigenvalue weighted by atomic mass is 32.2. The molecule has 7 heteroatoms. The molecule has 3 rings (SSSR count). The Morgan fingerprint density at radius 2 is 1.75 bits per heavy atom. The maximum Gasteiger partial charge on any atom is 0.330 e. The normalized spacial score (nSPS) is 17.9. The largest absolute Gasteiger partial charge is 0.480 e. The summed E-state index contributed by atoms with van der Waals surface area (Å²) >= 11 is 1.54. The van der Waals surface area contributed by atoms with Crippen LogP contribution in [0.25, 0.3) is 0 Å². The summed E-state index contributed by atoms with van der Waals surface area (Å²) in [5.41, 5.74) is 0.0842. The van der Waals surface area contributed by atoms with Gasteiger partial charge in [0.2, 0.25) is 0 Å². The fraction of sp³-hybridized carbons (Fsp3) is 0.414. The SMILES string of the molecule is CC(C)C(=O)OC(CSc1ccccc1C(C)C)CC(C(=O)O)(c1ccccc1)C1CC=CC(=O)O1. The highest BCUT2D eigenvalue weighted by Gasteiger charge is 2.52. The third-order valence-corrected chi connectivity index (χ3v) is 7.57. The van der Waals surface area contributed by atoms with E-state index in [9.17, 15) is 19.5 Å². The molecule has 0 bridgehead atoms. The third-order valence-electron chi connectivity index (χ3n) is 6.35. The van der Waals surface area contributed by atoms with Gasteiger partial charge in [-0.25, -0.2) is 4.79 Å². The second-order valence-electron chi connectivity index (χ2n) is 9.63. The predicted octanol–water partition coefficient (Wildman–Crippen LogP) is 5.75. The van der Waals surface area contributed by atoms with Gasteiger partial charge in [0.15, 0.2) is 0 Å². The van der Waals surface area contributed by atoms with Crippen LogP contribution in [0.3, 0.4) is 0 Å². The van der Waals surface area contributed by atoms with Crippen LogP contribution in [0.4, 0.5) is 0 Å². The van der Waals surface area contributed by atoms with Crippen molar-refractivity contribution in [3.05, 3.63) is 77.9 Å². The van der Waals surface area contributed by atoms with Gasteiger partial charge in [0.25, 0.3) is 0 Å². The van der Waals surface area contributed by atoms with Crippen molar-refractivity contribution in [1.82, 2.24) is 0 Å². The van der Waals surface area contributed by atoms with Crippen LogP contribution in [0.1, 0.15) is 57.6 Å². The minimum Gasteiger partial charge on any atom is -0.480 e. The maximum atomic E-state index is 13.0. The molecule has 0 amide bonds. The van der Waals surface area contributed by atoms with E-state index < -0.39 is 35.5 Å². The fourth-order valence-electron chi connectivity index (χ4n) is 4.40. The molecule has 1 heterocycles. The van der Waals surface area contributed by atoms with Crippen molar-refractivity contribution < 1.29 is 29.0 Å². The van der Waals surface area contributed by atoms with E-state index in [1.807, 2.05) is 18.2 Å². The Morgan fingerprint density at radius 1 is 1.08 bits per heavy atom. The van der Waals surface area contributed by atoms with Crippen molar-refractivity contribution in [2.24, 2.45) is 5.92 Å². The molecule has 3 atom stereocenters. The van der Waals surface area contributed by atoms with E-state index in [2.05, 4.69) is 19.9 Å². The zero-order chi connectivity index (χ0) is 26.3. The number of carboxylic acid groups (broad SMARTS) is 1. The first kappa shape index (κ1) is 27.5. The molecule has 0 saturated heterocycles. The number of esters is 2. The van der Waals surface area contributed by atoms with Crippen LogP contribution in [0.2, 0.25) is 0 Å². The smallest absolute Gasteiger partial charge is 0.330 e. The number of hydrogen-bond acceptors (Lipinski definition) is 6. The molecule has 1 N–H and O–H groups in total. The molecular formula is C29H34O6S. The Balaban J connectivity index is 2.01. The Hall–Kier alpha value is -3.06. The van der Waals surface area contributed by atoms with Gasteiger partial charge in [0.05, 0.1) is 5.92 Å². The van der Waals surface area contributed by atoms with Crippen LogP contribution < -0.4 is 0 Å². The lowest BCUT2D eigenvalue weighted by molar-refractivity contribution is -0.166. The fourth-order valence-corrected chi connectivity index (χ4v) is 5.60. The van der Waals surface area contributed by atoms with Crippen LogP contribution in [-0.4, -0.2) is 41.0 Å². The first-order valence-electron chi connectivity index (χ1n) is 12.2. The number of carboxylic acids is 1. The Labute approximate surface area is 217 Å². The second kappa shape index (κ2) is 12.3. The molecule has 2 aromatic rings. The number of carbonyl (C=O) groups excluding carboxylic acids is 2. The summed E-state index contributed by atoms with van der Waals surface area (Å²) in [4.78, 5) is 38.9. The number of hydrogen-bond donors (Lipinski definition) is 1. The van der Waals surface area contributed by atoms with Gasteiger partial charge in [0.1, 0.15) is 17.6 Å². The van der Waals surface area contributed by atoms with Crippen molar-refractivity contribution >= 4 is 29.7 Å². The molecule has 0 saturated carbocycles. The van der Waals surface area contributed by atoms with E-state index in [1.165, 1.54) is 11.6 Å². The molecule has 0 radical (unpaired) electrons. The van der Waals surface area contributed by atoms with Crippen molar-refractivity contribution in [2.45, 2.75) is 69.0 Å². The van der Waals surface area contributed by atoms with Crippen molar-refractivity contribution in [3.63, 3.8) is 0 Å². The minimum absolute atomic E-state index is 0.0343. The predicted molar refractivity (Wildman–Crippen MR) is 140 cm³/mol. The lowest BCUT2D eigenvalue weighted by atomic mass is 9.70. The second-order valence-corrected chi connectivity index (χ2v) is 10.7. The molecule has 192 valence electrons. The first-order valence-corrected chi connectivity index (χ1v) is 13.2. The van der Waals surface area contributed by atoms with Crippen LogP contribution in [0.15, 0.2) is 71.6 Å². The average Bonchev–Trinajstić information content (AvgIpc) is 2.85. The first-order chi connectivity index (χ1) is 17.1. The zero-order valence-electron chi connectivity index (χ0n) is 21.2. The number of ether oxygens (including phenoxy) is 2. The van der Waals surface area contributed by atoms with Gasteiger partial charge in [0, 0.05) is 29.6 Å². The Morgan fingerprint density at radius 3 is 2.36 bits per heavy atom. The summed E-state index contributed by atoms with van der Waals surface area (Å²) in [6.45, 7) is 7.73. The summed E-state index contributed by atoms with van der Waals surface area (Å²) in [5, 5.41) is 10.6. The zero-order valence-corrected chi connectivity index (χ0v) is 22.0. The van der Waals surface area contributed by atoms with E-state index in [0.717, 1.165) is 4.90 Å². The van der Waals surface area contributed by atoms with Crippen LogP contribution in [0, 0.1) is 5.92 Å². The lowest BCUT2D eigenvalue weighted by Gasteiger charge is -2.39. The van der Waals surface area contributed by atoms with Gasteiger partial charge in [-0.1, -0.05) is 82.3 Å². The van der Waals surface area contributed by atoms with E-state index in [-0.39, 0.29) is 18.8 Å². The van der Waals surface area contributed by atoms with Gasteiger partial charge in [-0.3, -0.25) is 9.59 Å². The molecule has 6 nitrogen and oxygen atoms in total. The molecule has 1 aliphatic rings. The third kappa shape index (κ3) is 6.38. The highest BCUT2D eigenvalue weighted by Crippen LogP contribution is 2.40.